The van der Waals surface area contributed by atoms with Crippen LogP contribution >= 0.6 is 27.3 Å². The fourth-order valence-corrected chi connectivity index (χ4v) is 3.12. The van der Waals surface area contributed by atoms with Crippen molar-refractivity contribution in [2.75, 3.05) is 17.7 Å². The summed E-state index contributed by atoms with van der Waals surface area (Å²) in [6, 6.07) is 0.228. The molecule has 0 aromatic carbocycles. The molecular weight excluding hydrogens is 326 g/mol. The van der Waals surface area contributed by atoms with Crippen molar-refractivity contribution in [2.24, 2.45) is 5.92 Å². The van der Waals surface area contributed by atoms with Crippen molar-refractivity contribution in [3.05, 3.63) is 27.3 Å². The second-order valence-corrected chi connectivity index (χ2v) is 6.25. The molecule has 2 aromatic heterocycles. The van der Waals surface area contributed by atoms with Crippen LogP contribution < -0.4 is 10.6 Å². The number of aromatic nitrogens is 3. The predicted molar refractivity (Wildman–Crippen MR) is 80.5 cm³/mol. The van der Waals surface area contributed by atoms with Crippen LogP contribution in [0, 0.1) is 5.92 Å². The SMILES string of the molecule is CNc1nc(NC(c2nccs2)C2CC2)ncc1Br. The molecule has 1 aliphatic rings. The molecule has 2 heterocycles. The summed E-state index contributed by atoms with van der Waals surface area (Å²) < 4.78 is 0.859. The fourth-order valence-electron chi connectivity index (χ4n) is 1.95. The van der Waals surface area contributed by atoms with Gasteiger partial charge < -0.3 is 10.6 Å². The Bertz CT molecular complexity index is 555. The number of halogens is 1. The number of nitrogens with zero attached hydrogens (tertiary/aromatic N) is 3. The van der Waals surface area contributed by atoms with Gasteiger partial charge in [0.1, 0.15) is 10.8 Å². The van der Waals surface area contributed by atoms with Crippen LogP contribution in [0.2, 0.25) is 0 Å². The van der Waals surface area contributed by atoms with Crippen molar-refractivity contribution < 1.29 is 0 Å². The molecule has 7 heteroatoms. The lowest BCUT2D eigenvalue weighted by Gasteiger charge is -2.16. The molecule has 3 rings (SSSR count). The maximum Gasteiger partial charge on any atom is 0.225 e. The number of hydrogen-bond acceptors (Lipinski definition) is 6. The second kappa shape index (κ2) is 5.42. The minimum absolute atomic E-state index is 0.228. The smallest absolute Gasteiger partial charge is 0.225 e. The van der Waals surface area contributed by atoms with E-state index >= 15 is 0 Å². The molecule has 0 radical (unpaired) electrons. The largest absolute Gasteiger partial charge is 0.372 e. The molecule has 100 valence electrons. The van der Waals surface area contributed by atoms with Gasteiger partial charge in [0.25, 0.3) is 0 Å². The summed E-state index contributed by atoms with van der Waals surface area (Å²) in [4.78, 5) is 13.2. The lowest BCUT2D eigenvalue weighted by Crippen LogP contribution is -2.15. The average Bonchev–Trinajstić information content (AvgIpc) is 3.12. The molecule has 19 heavy (non-hydrogen) atoms. The molecule has 2 aromatic rings. The molecule has 0 spiro atoms. The van der Waals surface area contributed by atoms with E-state index in [0.717, 1.165) is 15.3 Å². The lowest BCUT2D eigenvalue weighted by molar-refractivity contribution is 0.666. The summed E-state index contributed by atoms with van der Waals surface area (Å²) in [5, 5.41) is 9.57. The third-order valence-corrected chi connectivity index (χ3v) is 4.52. The molecule has 1 unspecified atom stereocenters. The molecule has 1 atom stereocenters. The van der Waals surface area contributed by atoms with Gasteiger partial charge in [0.15, 0.2) is 0 Å². The summed E-state index contributed by atoms with van der Waals surface area (Å²) in [6.45, 7) is 0. The zero-order chi connectivity index (χ0) is 13.2. The first kappa shape index (κ1) is 12.8. The summed E-state index contributed by atoms with van der Waals surface area (Å²) in [6.07, 6.45) is 6.09. The Balaban J connectivity index is 1.82. The van der Waals surface area contributed by atoms with Crippen molar-refractivity contribution in [2.45, 2.75) is 18.9 Å². The van der Waals surface area contributed by atoms with Gasteiger partial charge in [0.2, 0.25) is 5.95 Å². The van der Waals surface area contributed by atoms with Crippen LogP contribution in [-0.4, -0.2) is 22.0 Å². The molecule has 1 fully saturated rings. The van der Waals surface area contributed by atoms with Crippen molar-refractivity contribution in [3.8, 4) is 0 Å². The van der Waals surface area contributed by atoms with E-state index in [-0.39, 0.29) is 6.04 Å². The molecule has 1 aliphatic carbocycles. The molecule has 2 N–H and O–H groups in total. The molecule has 1 saturated carbocycles. The summed E-state index contributed by atoms with van der Waals surface area (Å²) in [7, 11) is 1.84. The van der Waals surface area contributed by atoms with Crippen LogP contribution in [0.4, 0.5) is 11.8 Å². The highest BCUT2D eigenvalue weighted by atomic mass is 79.9. The van der Waals surface area contributed by atoms with Gasteiger partial charge in [-0.15, -0.1) is 11.3 Å². The second-order valence-electron chi connectivity index (χ2n) is 4.47. The highest BCUT2D eigenvalue weighted by molar-refractivity contribution is 9.10. The zero-order valence-electron chi connectivity index (χ0n) is 10.4. The van der Waals surface area contributed by atoms with Crippen LogP contribution in [0.5, 0.6) is 0 Å². The van der Waals surface area contributed by atoms with Crippen LogP contribution in [0.25, 0.3) is 0 Å². The summed E-state index contributed by atoms with van der Waals surface area (Å²) >= 11 is 5.09. The number of anilines is 2. The molecule has 0 aliphatic heterocycles. The molecule has 0 amide bonds. The van der Waals surface area contributed by atoms with Gasteiger partial charge in [-0.3, -0.25) is 0 Å². The highest BCUT2D eigenvalue weighted by Gasteiger charge is 2.34. The van der Waals surface area contributed by atoms with E-state index in [0.29, 0.717) is 11.9 Å². The average molecular weight is 340 g/mol. The van der Waals surface area contributed by atoms with Gasteiger partial charge in [-0.2, -0.15) is 4.98 Å². The summed E-state index contributed by atoms with van der Waals surface area (Å²) in [5.41, 5.74) is 0. The number of nitrogens with one attached hydrogen (secondary N) is 2. The van der Waals surface area contributed by atoms with Gasteiger partial charge in [-0.25, -0.2) is 9.97 Å². The van der Waals surface area contributed by atoms with Crippen LogP contribution in [0.15, 0.2) is 22.2 Å². The van der Waals surface area contributed by atoms with Crippen molar-refractivity contribution in [1.82, 2.24) is 15.0 Å². The predicted octanol–water partition coefficient (Wildman–Crippen LogP) is 3.30. The van der Waals surface area contributed by atoms with Gasteiger partial charge in [0, 0.05) is 24.8 Å². The van der Waals surface area contributed by atoms with E-state index in [1.54, 1.807) is 17.5 Å². The van der Waals surface area contributed by atoms with Crippen molar-refractivity contribution in [1.29, 1.82) is 0 Å². The lowest BCUT2D eigenvalue weighted by atomic mass is 10.2. The third-order valence-electron chi connectivity index (χ3n) is 3.08. The van der Waals surface area contributed by atoms with Gasteiger partial charge >= 0.3 is 0 Å². The first-order valence-electron chi connectivity index (χ1n) is 6.14. The molecule has 0 bridgehead atoms. The Morgan fingerprint density at radius 2 is 2.26 bits per heavy atom. The van der Waals surface area contributed by atoms with E-state index in [9.17, 15) is 0 Å². The zero-order valence-corrected chi connectivity index (χ0v) is 12.8. The fraction of sp³-hybridized carbons (Fsp3) is 0.417. The quantitative estimate of drug-likeness (QED) is 0.874. The molecular formula is C12H14BrN5S. The first-order chi connectivity index (χ1) is 9.28. The Kier molecular flexibility index (Phi) is 3.65. The van der Waals surface area contributed by atoms with E-state index in [1.165, 1.54) is 12.8 Å². The third kappa shape index (κ3) is 2.87. The first-order valence-corrected chi connectivity index (χ1v) is 7.81. The normalized spacial score (nSPS) is 16.1. The Hall–Kier alpha value is -1.21. The van der Waals surface area contributed by atoms with Crippen molar-refractivity contribution in [3.63, 3.8) is 0 Å². The van der Waals surface area contributed by atoms with E-state index in [4.69, 9.17) is 0 Å². The monoisotopic (exact) mass is 339 g/mol. The maximum absolute atomic E-state index is 4.45. The topological polar surface area (TPSA) is 62.7 Å². The van der Waals surface area contributed by atoms with E-state index < -0.39 is 0 Å². The maximum atomic E-state index is 4.45. The van der Waals surface area contributed by atoms with Crippen LogP contribution in [0.1, 0.15) is 23.9 Å². The molecule has 0 saturated heterocycles. The van der Waals surface area contributed by atoms with E-state index in [1.807, 2.05) is 18.6 Å². The summed E-state index contributed by atoms with van der Waals surface area (Å²) in [5.74, 6) is 2.07. The van der Waals surface area contributed by atoms with Crippen molar-refractivity contribution >= 4 is 39.0 Å². The molecule has 5 nitrogen and oxygen atoms in total. The number of thiazole rings is 1. The van der Waals surface area contributed by atoms with Crippen LogP contribution in [0.3, 0.4) is 0 Å². The Morgan fingerprint density at radius 3 is 2.89 bits per heavy atom. The van der Waals surface area contributed by atoms with E-state index in [2.05, 4.69) is 41.5 Å². The minimum atomic E-state index is 0.228. The number of rotatable bonds is 5. The van der Waals surface area contributed by atoms with Gasteiger partial charge in [-0.1, -0.05) is 0 Å². The van der Waals surface area contributed by atoms with Gasteiger partial charge in [-0.05, 0) is 34.7 Å². The highest BCUT2D eigenvalue weighted by Crippen LogP contribution is 2.43. The standard InChI is InChI=1S/C12H14BrN5S/c1-14-10-8(13)6-16-12(18-10)17-9(7-2-3-7)11-15-4-5-19-11/h4-7,9H,2-3H2,1H3,(H2,14,16,17,18). The Morgan fingerprint density at radius 1 is 1.42 bits per heavy atom. The minimum Gasteiger partial charge on any atom is -0.372 e. The number of hydrogen-bond donors (Lipinski definition) is 2. The van der Waals surface area contributed by atoms with Crippen LogP contribution in [-0.2, 0) is 0 Å². The Labute approximate surface area is 124 Å². The van der Waals surface area contributed by atoms with Gasteiger partial charge in [0.05, 0.1) is 10.5 Å².